The van der Waals surface area contributed by atoms with Crippen molar-refractivity contribution in [2.75, 3.05) is 6.54 Å². The number of rotatable bonds is 5. The first-order chi connectivity index (χ1) is 10.4. The Morgan fingerprint density at radius 1 is 1.32 bits per heavy atom. The number of carboxylic acid groups (broad SMARTS) is 1. The van der Waals surface area contributed by atoms with Gasteiger partial charge in [0, 0.05) is 13.0 Å². The molecule has 1 aliphatic rings. The summed E-state index contributed by atoms with van der Waals surface area (Å²) in [6.07, 6.45) is 0.589. The number of H-pyrrole nitrogens is 1. The Hall–Kier alpha value is -2.37. The van der Waals surface area contributed by atoms with E-state index in [0.717, 1.165) is 16.9 Å². The number of carboxylic acids is 1. The molecule has 1 saturated carbocycles. The van der Waals surface area contributed by atoms with Gasteiger partial charge in [0.2, 0.25) is 5.91 Å². The summed E-state index contributed by atoms with van der Waals surface area (Å²) in [5, 5.41) is 11.9. The summed E-state index contributed by atoms with van der Waals surface area (Å²) in [6, 6.07) is 7.75. The number of carbonyl (C=O) groups excluding carboxylic acids is 1. The van der Waals surface area contributed by atoms with Crippen molar-refractivity contribution in [3.05, 3.63) is 30.1 Å². The standard InChI is InChI=1S/C16H19N3O3/c1-16(2)12(13(16)15(21)22)14(20)17-8-7-11-18-9-5-3-4-6-10(9)19-11/h3-6,12-13H,7-8H2,1-2H3,(H,17,20)(H,18,19)(H,21,22)/t12-,13+/m1/s1. The molecule has 1 amide bonds. The number of aromatic amines is 1. The van der Waals surface area contributed by atoms with E-state index in [2.05, 4.69) is 15.3 Å². The van der Waals surface area contributed by atoms with E-state index < -0.39 is 23.2 Å². The molecule has 1 aliphatic carbocycles. The number of aliphatic carboxylic acids is 1. The van der Waals surface area contributed by atoms with Crippen molar-refractivity contribution in [1.82, 2.24) is 15.3 Å². The number of para-hydroxylation sites is 2. The number of aromatic nitrogens is 2. The van der Waals surface area contributed by atoms with Crippen molar-refractivity contribution < 1.29 is 14.7 Å². The fourth-order valence-corrected chi connectivity index (χ4v) is 3.13. The molecular formula is C16H19N3O3. The zero-order valence-electron chi connectivity index (χ0n) is 12.6. The Morgan fingerprint density at radius 3 is 2.68 bits per heavy atom. The topological polar surface area (TPSA) is 95.1 Å². The zero-order chi connectivity index (χ0) is 15.9. The van der Waals surface area contributed by atoms with E-state index in [0.29, 0.717) is 13.0 Å². The van der Waals surface area contributed by atoms with Crippen LogP contribution >= 0.6 is 0 Å². The fraction of sp³-hybridized carbons (Fsp3) is 0.438. The normalized spacial score (nSPS) is 22.5. The zero-order valence-corrected chi connectivity index (χ0v) is 12.6. The Bertz CT molecular complexity index is 702. The second-order valence-electron chi connectivity index (χ2n) is 6.36. The molecule has 1 heterocycles. The lowest BCUT2D eigenvalue weighted by molar-refractivity contribution is -0.140. The number of carbonyl (C=O) groups is 2. The van der Waals surface area contributed by atoms with Crippen LogP contribution in [0, 0.1) is 17.3 Å². The second-order valence-corrected chi connectivity index (χ2v) is 6.36. The SMILES string of the molecule is CC1(C)[C@H](C(=O)O)[C@@H]1C(=O)NCCc1nc2ccccc2[nH]1. The van der Waals surface area contributed by atoms with Crippen LogP contribution in [-0.2, 0) is 16.0 Å². The van der Waals surface area contributed by atoms with Gasteiger partial charge < -0.3 is 15.4 Å². The Balaban J connectivity index is 1.55. The van der Waals surface area contributed by atoms with Crippen LogP contribution in [-0.4, -0.2) is 33.5 Å². The van der Waals surface area contributed by atoms with Gasteiger partial charge in [0.05, 0.1) is 22.9 Å². The summed E-state index contributed by atoms with van der Waals surface area (Å²) in [6.45, 7) is 4.07. The first kappa shape index (κ1) is 14.6. The van der Waals surface area contributed by atoms with Crippen molar-refractivity contribution in [3.63, 3.8) is 0 Å². The van der Waals surface area contributed by atoms with Gasteiger partial charge in [0.25, 0.3) is 0 Å². The molecule has 6 heteroatoms. The summed E-state index contributed by atoms with van der Waals surface area (Å²) in [4.78, 5) is 30.8. The number of hydrogen-bond acceptors (Lipinski definition) is 3. The van der Waals surface area contributed by atoms with Crippen molar-refractivity contribution in [2.24, 2.45) is 17.3 Å². The Kier molecular flexibility index (Phi) is 3.39. The Labute approximate surface area is 127 Å². The highest BCUT2D eigenvalue weighted by molar-refractivity contribution is 5.91. The minimum atomic E-state index is -0.901. The number of fused-ring (bicyclic) bond motifs is 1. The molecule has 0 spiro atoms. The van der Waals surface area contributed by atoms with Gasteiger partial charge in [-0.15, -0.1) is 0 Å². The van der Waals surface area contributed by atoms with Gasteiger partial charge in [-0.3, -0.25) is 9.59 Å². The van der Waals surface area contributed by atoms with E-state index in [9.17, 15) is 9.59 Å². The number of nitrogens with one attached hydrogen (secondary N) is 2. The van der Waals surface area contributed by atoms with Gasteiger partial charge in [-0.05, 0) is 17.5 Å². The molecule has 3 N–H and O–H groups in total. The highest BCUT2D eigenvalue weighted by atomic mass is 16.4. The third-order valence-electron chi connectivity index (χ3n) is 4.48. The minimum Gasteiger partial charge on any atom is -0.481 e. The fourth-order valence-electron chi connectivity index (χ4n) is 3.13. The van der Waals surface area contributed by atoms with Crippen molar-refractivity contribution >= 4 is 22.9 Å². The lowest BCUT2D eigenvalue weighted by Crippen LogP contribution is -2.29. The Morgan fingerprint density at radius 2 is 2.05 bits per heavy atom. The van der Waals surface area contributed by atoms with E-state index >= 15 is 0 Å². The maximum Gasteiger partial charge on any atom is 0.307 e. The molecule has 0 radical (unpaired) electrons. The number of hydrogen-bond donors (Lipinski definition) is 3. The molecule has 22 heavy (non-hydrogen) atoms. The van der Waals surface area contributed by atoms with Crippen LogP contribution in [0.3, 0.4) is 0 Å². The monoisotopic (exact) mass is 301 g/mol. The molecular weight excluding hydrogens is 282 g/mol. The number of amides is 1. The molecule has 116 valence electrons. The van der Waals surface area contributed by atoms with Crippen molar-refractivity contribution in [1.29, 1.82) is 0 Å². The van der Waals surface area contributed by atoms with E-state index in [1.54, 1.807) is 0 Å². The summed E-state index contributed by atoms with van der Waals surface area (Å²) < 4.78 is 0. The van der Waals surface area contributed by atoms with Crippen LogP contribution in [0.15, 0.2) is 24.3 Å². The smallest absolute Gasteiger partial charge is 0.307 e. The van der Waals surface area contributed by atoms with Crippen LogP contribution in [0.4, 0.5) is 0 Å². The average Bonchev–Trinajstić information content (AvgIpc) is 2.84. The van der Waals surface area contributed by atoms with E-state index in [-0.39, 0.29) is 5.91 Å². The van der Waals surface area contributed by atoms with E-state index in [4.69, 9.17) is 5.11 Å². The third-order valence-corrected chi connectivity index (χ3v) is 4.48. The van der Waals surface area contributed by atoms with Crippen molar-refractivity contribution in [2.45, 2.75) is 20.3 Å². The molecule has 0 unspecified atom stereocenters. The molecule has 2 aromatic rings. The van der Waals surface area contributed by atoms with Crippen molar-refractivity contribution in [3.8, 4) is 0 Å². The highest BCUT2D eigenvalue weighted by Gasteiger charge is 2.65. The van der Waals surface area contributed by atoms with Crippen LogP contribution in [0.5, 0.6) is 0 Å². The van der Waals surface area contributed by atoms with Crippen LogP contribution < -0.4 is 5.32 Å². The maximum absolute atomic E-state index is 12.1. The van der Waals surface area contributed by atoms with Gasteiger partial charge in [0.1, 0.15) is 5.82 Å². The summed E-state index contributed by atoms with van der Waals surface area (Å²) in [7, 11) is 0. The van der Waals surface area contributed by atoms with Crippen LogP contribution in [0.1, 0.15) is 19.7 Å². The van der Waals surface area contributed by atoms with Gasteiger partial charge in [-0.2, -0.15) is 0 Å². The lowest BCUT2D eigenvalue weighted by Gasteiger charge is -2.04. The third kappa shape index (κ3) is 2.45. The summed E-state index contributed by atoms with van der Waals surface area (Å²) in [5.41, 5.74) is 1.41. The molecule has 1 fully saturated rings. The number of benzene rings is 1. The second kappa shape index (κ2) is 5.12. The van der Waals surface area contributed by atoms with Gasteiger partial charge in [-0.1, -0.05) is 26.0 Å². The minimum absolute atomic E-state index is 0.187. The highest BCUT2D eigenvalue weighted by Crippen LogP contribution is 2.58. The quantitative estimate of drug-likeness (QED) is 0.781. The molecule has 0 aliphatic heterocycles. The predicted molar refractivity (Wildman–Crippen MR) is 81.2 cm³/mol. The molecule has 1 aromatic carbocycles. The van der Waals surface area contributed by atoms with E-state index in [1.165, 1.54) is 0 Å². The van der Waals surface area contributed by atoms with Gasteiger partial charge in [-0.25, -0.2) is 4.98 Å². The maximum atomic E-state index is 12.1. The molecule has 0 bridgehead atoms. The molecule has 1 aromatic heterocycles. The van der Waals surface area contributed by atoms with E-state index in [1.807, 2.05) is 38.1 Å². The average molecular weight is 301 g/mol. The van der Waals surface area contributed by atoms with Gasteiger partial charge in [0.15, 0.2) is 0 Å². The first-order valence-corrected chi connectivity index (χ1v) is 7.35. The number of imidazole rings is 1. The largest absolute Gasteiger partial charge is 0.481 e. The van der Waals surface area contributed by atoms with Crippen LogP contribution in [0.25, 0.3) is 11.0 Å². The lowest BCUT2D eigenvalue weighted by atomic mass is 10.1. The van der Waals surface area contributed by atoms with Crippen LogP contribution in [0.2, 0.25) is 0 Å². The predicted octanol–water partition coefficient (Wildman–Crippen LogP) is 1.58. The molecule has 6 nitrogen and oxygen atoms in total. The first-order valence-electron chi connectivity index (χ1n) is 7.35. The molecule has 3 rings (SSSR count). The summed E-state index contributed by atoms with van der Waals surface area (Å²) >= 11 is 0. The molecule has 0 saturated heterocycles. The summed E-state index contributed by atoms with van der Waals surface area (Å²) in [5.74, 6) is -1.30. The molecule has 2 atom stereocenters. The number of nitrogens with zero attached hydrogens (tertiary/aromatic N) is 1. The van der Waals surface area contributed by atoms with Gasteiger partial charge >= 0.3 is 5.97 Å².